The molecule has 0 amide bonds. The Morgan fingerprint density at radius 1 is 1.53 bits per heavy atom. The van der Waals surface area contributed by atoms with Crippen LogP contribution < -0.4 is 4.74 Å². The van der Waals surface area contributed by atoms with Crippen LogP contribution in [0.4, 0.5) is 0 Å². The Labute approximate surface area is 111 Å². The van der Waals surface area contributed by atoms with Crippen molar-refractivity contribution < 1.29 is 9.84 Å². The minimum absolute atomic E-state index is 0.110. The average molecular weight is 299 g/mol. The minimum atomic E-state index is -0.110. The number of halogens is 1. The van der Waals surface area contributed by atoms with Crippen molar-refractivity contribution in [2.75, 3.05) is 7.11 Å². The Bertz CT molecular complexity index is 405. The molecule has 0 radical (unpaired) electrons. The van der Waals surface area contributed by atoms with Crippen molar-refractivity contribution in [2.24, 2.45) is 5.41 Å². The number of ether oxygens (including phenoxy) is 1. The molecule has 1 aliphatic rings. The second-order valence-electron chi connectivity index (χ2n) is 5.35. The molecule has 3 heteroatoms. The normalized spacial score (nSPS) is 28.4. The summed E-state index contributed by atoms with van der Waals surface area (Å²) in [5.41, 5.74) is 1.54. The fourth-order valence-electron chi connectivity index (χ4n) is 2.76. The van der Waals surface area contributed by atoms with Crippen LogP contribution in [0.1, 0.15) is 31.7 Å². The highest BCUT2D eigenvalue weighted by molar-refractivity contribution is 9.10. The zero-order valence-electron chi connectivity index (χ0n) is 10.4. The van der Waals surface area contributed by atoms with Gasteiger partial charge in [0.05, 0.1) is 17.7 Å². The molecule has 2 nitrogen and oxygen atoms in total. The van der Waals surface area contributed by atoms with Crippen molar-refractivity contribution in [2.45, 2.75) is 38.7 Å². The first-order chi connectivity index (χ1) is 8.02. The largest absolute Gasteiger partial charge is 0.496 e. The quantitative estimate of drug-likeness (QED) is 0.925. The minimum Gasteiger partial charge on any atom is -0.496 e. The Morgan fingerprint density at radius 3 is 2.82 bits per heavy atom. The van der Waals surface area contributed by atoms with E-state index in [1.54, 1.807) is 7.11 Å². The molecule has 1 fully saturated rings. The molecule has 0 bridgehead atoms. The summed E-state index contributed by atoms with van der Waals surface area (Å²) in [5, 5.41) is 9.65. The van der Waals surface area contributed by atoms with Crippen molar-refractivity contribution in [3.63, 3.8) is 0 Å². The van der Waals surface area contributed by atoms with Gasteiger partial charge in [-0.1, -0.05) is 13.0 Å². The molecule has 0 saturated heterocycles. The standard InChI is InChI=1S/C14H19BrO2/c1-14(6-5-11(16)9-14)8-10-3-4-13(17-2)12(15)7-10/h3-4,7,11,16H,5-6,8-9H2,1-2H3. The van der Waals surface area contributed by atoms with Gasteiger partial charge in [-0.3, -0.25) is 0 Å². The molecule has 1 saturated carbocycles. The maximum atomic E-state index is 9.65. The number of methoxy groups -OCH3 is 1. The van der Waals surface area contributed by atoms with E-state index in [9.17, 15) is 5.11 Å². The molecule has 0 aliphatic heterocycles. The van der Waals surface area contributed by atoms with Crippen LogP contribution in [0, 0.1) is 5.41 Å². The number of aliphatic hydroxyl groups is 1. The van der Waals surface area contributed by atoms with E-state index >= 15 is 0 Å². The zero-order chi connectivity index (χ0) is 12.5. The molecule has 17 heavy (non-hydrogen) atoms. The lowest BCUT2D eigenvalue weighted by atomic mass is 9.82. The van der Waals surface area contributed by atoms with Crippen LogP contribution in [0.2, 0.25) is 0 Å². The number of hydrogen-bond donors (Lipinski definition) is 1. The van der Waals surface area contributed by atoms with Gasteiger partial charge in [0, 0.05) is 0 Å². The van der Waals surface area contributed by atoms with Gasteiger partial charge in [-0.2, -0.15) is 0 Å². The highest BCUT2D eigenvalue weighted by Crippen LogP contribution is 2.41. The predicted octanol–water partition coefficient (Wildman–Crippen LogP) is 3.55. The van der Waals surface area contributed by atoms with Gasteiger partial charge >= 0.3 is 0 Å². The monoisotopic (exact) mass is 298 g/mol. The third kappa shape index (κ3) is 3.02. The molecule has 1 aromatic rings. The van der Waals surface area contributed by atoms with Gasteiger partial charge in [-0.05, 0) is 64.7 Å². The summed E-state index contributed by atoms with van der Waals surface area (Å²) >= 11 is 3.51. The molecule has 1 aromatic carbocycles. The molecule has 0 aromatic heterocycles. The van der Waals surface area contributed by atoms with E-state index < -0.39 is 0 Å². The summed E-state index contributed by atoms with van der Waals surface area (Å²) in [6.45, 7) is 2.27. The Kier molecular flexibility index (Phi) is 3.79. The maximum Gasteiger partial charge on any atom is 0.133 e. The van der Waals surface area contributed by atoms with Gasteiger partial charge in [0.2, 0.25) is 0 Å². The molecule has 1 aliphatic carbocycles. The van der Waals surface area contributed by atoms with Gasteiger partial charge in [0.25, 0.3) is 0 Å². The van der Waals surface area contributed by atoms with Gasteiger partial charge in [0.1, 0.15) is 5.75 Å². The van der Waals surface area contributed by atoms with Gasteiger partial charge in [0.15, 0.2) is 0 Å². The SMILES string of the molecule is COc1ccc(CC2(C)CCC(O)C2)cc1Br. The van der Waals surface area contributed by atoms with Gasteiger partial charge in [-0.25, -0.2) is 0 Å². The third-order valence-corrected chi connectivity index (χ3v) is 4.28. The second kappa shape index (κ2) is 4.99. The smallest absolute Gasteiger partial charge is 0.133 e. The first kappa shape index (κ1) is 12.9. The molecular formula is C14H19BrO2. The summed E-state index contributed by atoms with van der Waals surface area (Å²) in [4.78, 5) is 0. The molecule has 0 heterocycles. The molecule has 0 spiro atoms. The van der Waals surface area contributed by atoms with E-state index in [4.69, 9.17) is 4.74 Å². The van der Waals surface area contributed by atoms with E-state index in [1.165, 1.54) is 5.56 Å². The summed E-state index contributed by atoms with van der Waals surface area (Å²) in [7, 11) is 1.68. The first-order valence-electron chi connectivity index (χ1n) is 6.03. The zero-order valence-corrected chi connectivity index (χ0v) is 12.0. The number of hydrogen-bond acceptors (Lipinski definition) is 2. The predicted molar refractivity (Wildman–Crippen MR) is 72.4 cm³/mol. The summed E-state index contributed by atoms with van der Waals surface area (Å²) in [6, 6.07) is 6.22. The maximum absolute atomic E-state index is 9.65. The highest BCUT2D eigenvalue weighted by Gasteiger charge is 2.34. The van der Waals surface area contributed by atoms with Crippen molar-refractivity contribution >= 4 is 15.9 Å². The van der Waals surface area contributed by atoms with Crippen LogP contribution in [0.15, 0.2) is 22.7 Å². The molecule has 2 unspecified atom stereocenters. The van der Waals surface area contributed by atoms with E-state index in [0.717, 1.165) is 35.9 Å². The van der Waals surface area contributed by atoms with E-state index in [0.29, 0.717) is 0 Å². The average Bonchev–Trinajstić information content (AvgIpc) is 2.58. The lowest BCUT2D eigenvalue weighted by molar-refractivity contribution is 0.163. The first-order valence-corrected chi connectivity index (χ1v) is 6.82. The van der Waals surface area contributed by atoms with E-state index in [2.05, 4.69) is 35.0 Å². The topological polar surface area (TPSA) is 29.5 Å². The second-order valence-corrected chi connectivity index (χ2v) is 6.21. The fourth-order valence-corrected chi connectivity index (χ4v) is 3.35. The molecular weight excluding hydrogens is 280 g/mol. The van der Waals surface area contributed by atoms with Crippen LogP contribution >= 0.6 is 15.9 Å². The van der Waals surface area contributed by atoms with Gasteiger partial charge in [-0.15, -0.1) is 0 Å². The molecule has 2 atom stereocenters. The number of aliphatic hydroxyl groups excluding tert-OH is 1. The van der Waals surface area contributed by atoms with Crippen molar-refractivity contribution in [3.8, 4) is 5.75 Å². The van der Waals surface area contributed by atoms with Crippen molar-refractivity contribution in [3.05, 3.63) is 28.2 Å². The highest BCUT2D eigenvalue weighted by atomic mass is 79.9. The lowest BCUT2D eigenvalue weighted by Gasteiger charge is -2.23. The van der Waals surface area contributed by atoms with Crippen molar-refractivity contribution in [1.29, 1.82) is 0 Å². The molecule has 1 N–H and O–H groups in total. The number of benzene rings is 1. The Hall–Kier alpha value is -0.540. The summed E-state index contributed by atoms with van der Waals surface area (Å²) in [5.74, 6) is 0.866. The van der Waals surface area contributed by atoms with E-state index in [-0.39, 0.29) is 11.5 Å². The Morgan fingerprint density at radius 2 is 2.29 bits per heavy atom. The lowest BCUT2D eigenvalue weighted by Crippen LogP contribution is -2.16. The molecule has 94 valence electrons. The van der Waals surface area contributed by atoms with Crippen LogP contribution in [0.3, 0.4) is 0 Å². The van der Waals surface area contributed by atoms with Crippen LogP contribution in [-0.4, -0.2) is 18.3 Å². The van der Waals surface area contributed by atoms with E-state index in [1.807, 2.05) is 6.07 Å². The summed E-state index contributed by atoms with van der Waals surface area (Å²) in [6.07, 6.45) is 3.87. The Balaban J connectivity index is 2.11. The fraction of sp³-hybridized carbons (Fsp3) is 0.571. The van der Waals surface area contributed by atoms with Gasteiger partial charge < -0.3 is 9.84 Å². The van der Waals surface area contributed by atoms with Crippen LogP contribution in [0.5, 0.6) is 5.75 Å². The number of rotatable bonds is 3. The van der Waals surface area contributed by atoms with Crippen LogP contribution in [0.25, 0.3) is 0 Å². The van der Waals surface area contributed by atoms with Crippen LogP contribution in [-0.2, 0) is 6.42 Å². The third-order valence-electron chi connectivity index (χ3n) is 3.66. The summed E-state index contributed by atoms with van der Waals surface area (Å²) < 4.78 is 6.22. The van der Waals surface area contributed by atoms with Crippen molar-refractivity contribution in [1.82, 2.24) is 0 Å². The molecule has 2 rings (SSSR count).